The van der Waals surface area contributed by atoms with E-state index < -0.39 is 23.8 Å². The second kappa shape index (κ2) is 14.4. The zero-order valence-corrected chi connectivity index (χ0v) is 25.7. The maximum Gasteiger partial charge on any atom is 0.408 e. The van der Waals surface area contributed by atoms with Crippen LogP contribution in [0.5, 0.6) is 0 Å². The van der Waals surface area contributed by atoms with Gasteiger partial charge in [-0.25, -0.2) is 4.79 Å². The number of thioether (sulfide) groups is 1. The first kappa shape index (κ1) is 32.2. The SMILES string of the molecule is CCC(C)N(C(=O)C(CCSC)NC(=O)OC(C)(C)C)C(C(=O)Nc1ccccc1C)c1cc(C)cc(C)c1. The van der Waals surface area contributed by atoms with E-state index in [0.29, 0.717) is 24.3 Å². The number of carbonyl (C=O) groups excluding carboxylic acids is 3. The lowest BCUT2D eigenvalue weighted by Gasteiger charge is -2.38. The number of amides is 3. The van der Waals surface area contributed by atoms with E-state index in [1.807, 2.05) is 83.3 Å². The van der Waals surface area contributed by atoms with Gasteiger partial charge in [-0.2, -0.15) is 11.8 Å². The number of aryl methyl sites for hydroxylation is 3. The van der Waals surface area contributed by atoms with Crippen molar-refractivity contribution in [1.29, 1.82) is 0 Å². The highest BCUT2D eigenvalue weighted by molar-refractivity contribution is 7.98. The quantitative estimate of drug-likeness (QED) is 0.328. The minimum Gasteiger partial charge on any atom is -0.444 e. The number of nitrogens with zero attached hydrogens (tertiary/aromatic N) is 1. The van der Waals surface area contributed by atoms with Crippen LogP contribution in [0.2, 0.25) is 0 Å². The number of benzene rings is 2. The molecule has 39 heavy (non-hydrogen) atoms. The van der Waals surface area contributed by atoms with Gasteiger partial charge in [0.2, 0.25) is 5.91 Å². The van der Waals surface area contributed by atoms with Crippen LogP contribution in [0, 0.1) is 20.8 Å². The average molecular weight is 556 g/mol. The molecule has 0 aliphatic rings. The molecule has 214 valence electrons. The summed E-state index contributed by atoms with van der Waals surface area (Å²) < 4.78 is 5.47. The van der Waals surface area contributed by atoms with Gasteiger partial charge in [-0.05, 0) is 90.5 Å². The monoisotopic (exact) mass is 555 g/mol. The maximum absolute atomic E-state index is 14.3. The second-order valence-corrected chi connectivity index (χ2v) is 12.1. The summed E-state index contributed by atoms with van der Waals surface area (Å²) in [5, 5.41) is 5.86. The highest BCUT2D eigenvalue weighted by atomic mass is 32.2. The van der Waals surface area contributed by atoms with Gasteiger partial charge in [0.25, 0.3) is 5.91 Å². The van der Waals surface area contributed by atoms with Crippen molar-refractivity contribution < 1.29 is 19.1 Å². The van der Waals surface area contributed by atoms with Crippen molar-refractivity contribution in [3.63, 3.8) is 0 Å². The van der Waals surface area contributed by atoms with Gasteiger partial charge in [0.05, 0.1) is 0 Å². The summed E-state index contributed by atoms with van der Waals surface area (Å²) in [7, 11) is 0. The van der Waals surface area contributed by atoms with Crippen molar-refractivity contribution >= 4 is 35.4 Å². The Morgan fingerprint density at radius 3 is 2.18 bits per heavy atom. The molecule has 0 saturated heterocycles. The molecule has 0 saturated carbocycles. The molecule has 3 unspecified atom stereocenters. The molecular weight excluding hydrogens is 510 g/mol. The fourth-order valence-corrected chi connectivity index (χ4v) is 4.91. The van der Waals surface area contributed by atoms with Crippen LogP contribution in [0.3, 0.4) is 0 Å². The van der Waals surface area contributed by atoms with Crippen molar-refractivity contribution in [2.24, 2.45) is 0 Å². The summed E-state index contributed by atoms with van der Waals surface area (Å²) in [5.41, 5.74) is 3.65. The largest absolute Gasteiger partial charge is 0.444 e. The molecule has 8 heteroatoms. The number of rotatable bonds is 11. The van der Waals surface area contributed by atoms with Crippen molar-refractivity contribution in [2.45, 2.75) is 92.0 Å². The Morgan fingerprint density at radius 2 is 1.64 bits per heavy atom. The predicted molar refractivity (Wildman–Crippen MR) is 161 cm³/mol. The van der Waals surface area contributed by atoms with Crippen LogP contribution in [0.4, 0.5) is 10.5 Å². The minimum atomic E-state index is -0.900. The van der Waals surface area contributed by atoms with Gasteiger partial charge in [0, 0.05) is 11.7 Å². The molecule has 3 amide bonds. The van der Waals surface area contributed by atoms with Crippen molar-refractivity contribution in [3.8, 4) is 0 Å². The molecule has 0 aliphatic heterocycles. The van der Waals surface area contributed by atoms with Crippen LogP contribution in [-0.4, -0.2) is 52.5 Å². The Bertz CT molecular complexity index is 1120. The van der Waals surface area contributed by atoms with Gasteiger partial charge >= 0.3 is 6.09 Å². The molecule has 0 bridgehead atoms. The number of nitrogens with one attached hydrogen (secondary N) is 2. The summed E-state index contributed by atoms with van der Waals surface area (Å²) in [5.74, 6) is 0.0432. The number of anilines is 1. The second-order valence-electron chi connectivity index (χ2n) is 11.1. The van der Waals surface area contributed by atoms with E-state index >= 15 is 0 Å². The lowest BCUT2D eigenvalue weighted by Crippen LogP contribution is -2.55. The molecule has 0 radical (unpaired) electrons. The molecular formula is C31H45N3O4S. The zero-order chi connectivity index (χ0) is 29.3. The maximum atomic E-state index is 14.3. The van der Waals surface area contributed by atoms with E-state index in [1.54, 1.807) is 37.4 Å². The first-order valence-corrected chi connectivity index (χ1v) is 14.9. The molecule has 2 rings (SSSR count). The normalized spacial score (nSPS) is 13.7. The number of hydrogen-bond donors (Lipinski definition) is 2. The Morgan fingerprint density at radius 1 is 1.03 bits per heavy atom. The molecule has 0 fully saturated rings. The van der Waals surface area contributed by atoms with Crippen LogP contribution >= 0.6 is 11.8 Å². The van der Waals surface area contributed by atoms with E-state index in [-0.39, 0.29) is 17.9 Å². The van der Waals surface area contributed by atoms with E-state index in [4.69, 9.17) is 4.74 Å². The fraction of sp³-hybridized carbons (Fsp3) is 0.516. The summed E-state index contributed by atoms with van der Waals surface area (Å²) in [6.45, 7) is 15.2. The van der Waals surface area contributed by atoms with Crippen molar-refractivity contribution in [2.75, 3.05) is 17.3 Å². The van der Waals surface area contributed by atoms with Gasteiger partial charge in [-0.3, -0.25) is 9.59 Å². The standard InChI is InChI=1S/C31H45N3O4S/c1-10-23(5)34(29(36)26(15-16-39-9)33-30(37)38-31(6,7)8)27(24-18-20(2)17-21(3)19-24)28(35)32-25-14-12-11-13-22(25)4/h11-14,17-19,23,26-27H,10,15-16H2,1-9H3,(H,32,35)(H,33,37). The van der Waals surface area contributed by atoms with E-state index in [0.717, 1.165) is 22.3 Å². The van der Waals surface area contributed by atoms with Crippen molar-refractivity contribution in [1.82, 2.24) is 10.2 Å². The number of para-hydroxylation sites is 1. The van der Waals surface area contributed by atoms with Crippen LogP contribution < -0.4 is 10.6 Å². The van der Waals surface area contributed by atoms with E-state index in [9.17, 15) is 14.4 Å². The first-order chi connectivity index (χ1) is 18.3. The summed E-state index contributed by atoms with van der Waals surface area (Å²) in [6, 6.07) is 11.5. The molecule has 2 aromatic rings. The van der Waals surface area contributed by atoms with Gasteiger partial charge in [0.15, 0.2) is 0 Å². The lowest BCUT2D eigenvalue weighted by molar-refractivity contribution is -0.143. The number of ether oxygens (including phenoxy) is 1. The molecule has 7 nitrogen and oxygen atoms in total. The molecule has 3 atom stereocenters. The average Bonchev–Trinajstić information content (AvgIpc) is 2.83. The molecule has 2 aromatic carbocycles. The third-order valence-electron chi connectivity index (χ3n) is 6.41. The van der Waals surface area contributed by atoms with Gasteiger partial charge in [-0.15, -0.1) is 0 Å². The molecule has 0 aliphatic carbocycles. The first-order valence-electron chi connectivity index (χ1n) is 13.5. The molecule has 0 spiro atoms. The van der Waals surface area contributed by atoms with E-state index in [2.05, 4.69) is 10.6 Å². The molecule has 2 N–H and O–H groups in total. The Labute approximate surface area is 238 Å². The summed E-state index contributed by atoms with van der Waals surface area (Å²) >= 11 is 1.59. The predicted octanol–water partition coefficient (Wildman–Crippen LogP) is 6.57. The van der Waals surface area contributed by atoms with Gasteiger partial charge in [-0.1, -0.05) is 54.4 Å². The van der Waals surface area contributed by atoms with Crippen molar-refractivity contribution in [3.05, 3.63) is 64.7 Å². The van der Waals surface area contributed by atoms with Crippen LogP contribution in [0.15, 0.2) is 42.5 Å². The topological polar surface area (TPSA) is 87.7 Å². The highest BCUT2D eigenvalue weighted by Crippen LogP contribution is 2.30. The smallest absolute Gasteiger partial charge is 0.408 e. The number of carbonyl (C=O) groups is 3. The highest BCUT2D eigenvalue weighted by Gasteiger charge is 2.38. The van der Waals surface area contributed by atoms with Gasteiger partial charge in [0.1, 0.15) is 17.7 Å². The molecule has 0 heterocycles. The zero-order valence-electron chi connectivity index (χ0n) is 24.9. The lowest BCUT2D eigenvalue weighted by atomic mass is 9.96. The van der Waals surface area contributed by atoms with Crippen LogP contribution in [-0.2, 0) is 14.3 Å². The summed E-state index contributed by atoms with van der Waals surface area (Å²) in [6.07, 6.45) is 2.34. The fourth-order valence-electron chi connectivity index (χ4n) is 4.44. The Kier molecular flexibility index (Phi) is 11.9. The van der Waals surface area contributed by atoms with Gasteiger partial charge < -0.3 is 20.3 Å². The number of hydrogen-bond acceptors (Lipinski definition) is 5. The van der Waals surface area contributed by atoms with E-state index in [1.165, 1.54) is 0 Å². The summed E-state index contributed by atoms with van der Waals surface area (Å²) in [4.78, 5) is 42.8. The molecule has 0 aromatic heterocycles. The van der Waals surface area contributed by atoms with Crippen LogP contribution in [0.25, 0.3) is 0 Å². The Balaban J connectivity index is 2.60. The van der Waals surface area contributed by atoms with Crippen LogP contribution in [0.1, 0.15) is 75.8 Å². The minimum absolute atomic E-state index is 0.275. The Hall–Kier alpha value is -3.00. The number of alkyl carbamates (subject to hydrolysis) is 1. The third-order valence-corrected chi connectivity index (χ3v) is 7.05. The third kappa shape index (κ3) is 9.60.